The summed E-state index contributed by atoms with van der Waals surface area (Å²) in [5, 5.41) is 0. The van der Waals surface area contributed by atoms with Crippen molar-refractivity contribution >= 4 is 29.6 Å². The molecule has 28 heavy (non-hydrogen) atoms. The summed E-state index contributed by atoms with van der Waals surface area (Å²) < 4.78 is 0. The number of hydrogen-bond acceptors (Lipinski definition) is 1. The zero-order valence-corrected chi connectivity index (χ0v) is 17.0. The van der Waals surface area contributed by atoms with E-state index in [-0.39, 0.29) is 4.87 Å². The largest absolute Gasteiger partial charge is 0.384 e. The van der Waals surface area contributed by atoms with Gasteiger partial charge < -0.3 is 5.73 Å². The van der Waals surface area contributed by atoms with Crippen LogP contribution < -0.4 is 5.73 Å². The van der Waals surface area contributed by atoms with Gasteiger partial charge in [0, 0.05) is 0 Å². The summed E-state index contributed by atoms with van der Waals surface area (Å²) in [5.41, 5.74) is 11.5. The number of alkyl halides is 1. The Balaban J connectivity index is 1.66. The Morgan fingerprint density at radius 3 is 2.07 bits per heavy atom. The molecule has 1 atom stereocenters. The lowest BCUT2D eigenvalue weighted by Gasteiger charge is -2.18. The summed E-state index contributed by atoms with van der Waals surface area (Å²) in [6.07, 6.45) is 14.5. The van der Waals surface area contributed by atoms with Crippen LogP contribution in [0.5, 0.6) is 0 Å². The van der Waals surface area contributed by atoms with E-state index in [1.165, 1.54) is 16.7 Å². The van der Waals surface area contributed by atoms with Gasteiger partial charge in [-0.25, -0.2) is 4.99 Å². The summed E-state index contributed by atoms with van der Waals surface area (Å²) in [6, 6.07) is 16.9. The molecule has 2 N–H and O–H groups in total. The van der Waals surface area contributed by atoms with Gasteiger partial charge in [0.1, 0.15) is 5.84 Å². The molecule has 0 aliphatic heterocycles. The molecule has 0 heterocycles. The number of halogens is 1. The highest BCUT2D eigenvalue weighted by Gasteiger charge is 2.18. The molecule has 1 aliphatic carbocycles. The van der Waals surface area contributed by atoms with Gasteiger partial charge in [-0.2, -0.15) is 0 Å². The molecule has 0 aromatic heterocycles. The van der Waals surface area contributed by atoms with Crippen molar-refractivity contribution in [2.75, 3.05) is 0 Å². The Hall–Kier alpha value is -2.84. The Morgan fingerprint density at radius 1 is 1.00 bits per heavy atom. The summed E-state index contributed by atoms with van der Waals surface area (Å²) in [5.74, 6) is 0.470. The highest BCUT2D eigenvalue weighted by molar-refractivity contribution is 6.25. The molecule has 0 spiro atoms. The predicted molar refractivity (Wildman–Crippen MR) is 123 cm³/mol. The van der Waals surface area contributed by atoms with Crippen molar-refractivity contribution in [3.05, 3.63) is 95.7 Å². The third-order valence-electron chi connectivity index (χ3n) is 4.53. The lowest BCUT2D eigenvalue weighted by atomic mass is 10.0. The van der Waals surface area contributed by atoms with Crippen LogP contribution >= 0.6 is 11.6 Å². The lowest BCUT2D eigenvalue weighted by molar-refractivity contribution is 0.775. The van der Waals surface area contributed by atoms with Gasteiger partial charge in [-0.1, -0.05) is 78.9 Å². The van der Waals surface area contributed by atoms with Gasteiger partial charge in [-0.05, 0) is 54.7 Å². The molecule has 0 saturated carbocycles. The van der Waals surface area contributed by atoms with Gasteiger partial charge in [0.15, 0.2) is 0 Å². The standard InChI is InChI=1S/C25H25ClN2/c1-3-4-19-5-10-21(11-6-19)22-12-7-20(8-13-22)9-14-24(27)28-23-15-17-25(2,26)18-16-23/h3-17H,18H2,1-2H3,(H2,27,28)/b4-3-,14-9+. The van der Waals surface area contributed by atoms with Crippen molar-refractivity contribution in [2.45, 2.75) is 25.1 Å². The lowest BCUT2D eigenvalue weighted by Crippen LogP contribution is -2.14. The van der Waals surface area contributed by atoms with Gasteiger partial charge in [0.05, 0.1) is 10.6 Å². The maximum absolute atomic E-state index is 6.27. The average molecular weight is 389 g/mol. The summed E-state index contributed by atoms with van der Waals surface area (Å²) in [4.78, 5) is 4.10. The molecule has 0 amide bonds. The number of allylic oxidation sites excluding steroid dienone is 4. The van der Waals surface area contributed by atoms with Crippen LogP contribution in [0.3, 0.4) is 0 Å². The highest BCUT2D eigenvalue weighted by Crippen LogP contribution is 2.27. The van der Waals surface area contributed by atoms with Crippen LogP contribution in [0, 0.1) is 0 Å². The number of rotatable bonds is 5. The van der Waals surface area contributed by atoms with Crippen LogP contribution in [0.4, 0.5) is 0 Å². The van der Waals surface area contributed by atoms with Crippen molar-refractivity contribution in [3.63, 3.8) is 0 Å². The third kappa shape index (κ3) is 5.58. The summed E-state index contributed by atoms with van der Waals surface area (Å²) in [6.45, 7) is 4.00. The zero-order chi connectivity index (χ0) is 20.0. The van der Waals surface area contributed by atoms with Crippen LogP contribution in [-0.4, -0.2) is 10.7 Å². The number of aliphatic imine (C=N–C) groups is 1. The van der Waals surface area contributed by atoms with Crippen molar-refractivity contribution in [1.29, 1.82) is 0 Å². The van der Waals surface area contributed by atoms with Crippen LogP contribution in [-0.2, 0) is 0 Å². The Kier molecular flexibility index (Phi) is 6.33. The third-order valence-corrected chi connectivity index (χ3v) is 4.81. The van der Waals surface area contributed by atoms with Crippen molar-refractivity contribution in [2.24, 2.45) is 10.7 Å². The number of amidine groups is 1. The van der Waals surface area contributed by atoms with Crippen LogP contribution in [0.25, 0.3) is 23.3 Å². The first-order valence-electron chi connectivity index (χ1n) is 9.39. The van der Waals surface area contributed by atoms with E-state index in [4.69, 9.17) is 17.3 Å². The van der Waals surface area contributed by atoms with Crippen LogP contribution in [0.1, 0.15) is 31.4 Å². The van der Waals surface area contributed by atoms with E-state index in [0.717, 1.165) is 17.7 Å². The van der Waals surface area contributed by atoms with Crippen molar-refractivity contribution < 1.29 is 0 Å². The molecule has 142 valence electrons. The van der Waals surface area contributed by atoms with E-state index in [1.54, 1.807) is 0 Å². The van der Waals surface area contributed by atoms with E-state index >= 15 is 0 Å². The summed E-state index contributed by atoms with van der Waals surface area (Å²) >= 11 is 6.27. The number of nitrogens with two attached hydrogens (primary N) is 1. The first kappa shape index (κ1) is 19.9. The van der Waals surface area contributed by atoms with E-state index < -0.39 is 0 Å². The predicted octanol–water partition coefficient (Wildman–Crippen LogP) is 6.60. The first-order valence-corrected chi connectivity index (χ1v) is 9.77. The number of benzene rings is 2. The van der Waals surface area contributed by atoms with E-state index in [1.807, 2.05) is 50.3 Å². The quantitative estimate of drug-likeness (QED) is 0.350. The fourth-order valence-corrected chi connectivity index (χ4v) is 3.06. The van der Waals surface area contributed by atoms with Gasteiger partial charge in [-0.3, -0.25) is 0 Å². The van der Waals surface area contributed by atoms with Gasteiger partial charge in [0.2, 0.25) is 0 Å². The molecule has 2 aromatic rings. The molecule has 0 saturated heterocycles. The van der Waals surface area contributed by atoms with Crippen LogP contribution in [0.2, 0.25) is 0 Å². The topological polar surface area (TPSA) is 38.4 Å². The maximum Gasteiger partial charge on any atom is 0.124 e. The zero-order valence-electron chi connectivity index (χ0n) is 16.3. The molecular formula is C25H25ClN2. The normalized spacial score (nSPS) is 20.1. The fraction of sp³-hybridized carbons (Fsp3) is 0.160. The smallest absolute Gasteiger partial charge is 0.124 e. The second-order valence-electron chi connectivity index (χ2n) is 7.06. The van der Waals surface area contributed by atoms with Gasteiger partial charge >= 0.3 is 0 Å². The Bertz CT molecular complexity index is 957. The minimum Gasteiger partial charge on any atom is -0.384 e. The fourth-order valence-electron chi connectivity index (χ4n) is 2.92. The van der Waals surface area contributed by atoms with E-state index in [9.17, 15) is 0 Å². The summed E-state index contributed by atoms with van der Waals surface area (Å²) in [7, 11) is 0. The molecule has 2 nitrogen and oxygen atoms in total. The average Bonchev–Trinajstić information content (AvgIpc) is 2.69. The molecule has 0 bridgehead atoms. The molecule has 2 aromatic carbocycles. The van der Waals surface area contributed by atoms with Crippen molar-refractivity contribution in [3.8, 4) is 11.1 Å². The molecule has 0 radical (unpaired) electrons. The number of nitrogens with zero attached hydrogens (tertiary/aromatic N) is 1. The Labute approximate surface area is 172 Å². The minimum absolute atomic E-state index is 0.321. The van der Waals surface area contributed by atoms with Gasteiger partial charge in [-0.15, -0.1) is 11.6 Å². The molecule has 1 aliphatic rings. The first-order chi connectivity index (χ1) is 13.4. The molecule has 3 heteroatoms. The van der Waals surface area contributed by atoms with E-state index in [0.29, 0.717) is 5.84 Å². The highest BCUT2D eigenvalue weighted by atomic mass is 35.5. The van der Waals surface area contributed by atoms with Crippen molar-refractivity contribution in [1.82, 2.24) is 0 Å². The Morgan fingerprint density at radius 2 is 1.57 bits per heavy atom. The molecular weight excluding hydrogens is 364 g/mol. The molecule has 1 unspecified atom stereocenters. The second-order valence-corrected chi connectivity index (χ2v) is 7.92. The van der Waals surface area contributed by atoms with Crippen LogP contribution in [0.15, 0.2) is 89.6 Å². The van der Waals surface area contributed by atoms with E-state index in [2.05, 4.69) is 59.6 Å². The number of hydrogen-bond donors (Lipinski definition) is 1. The molecule has 3 rings (SSSR count). The van der Waals surface area contributed by atoms with Gasteiger partial charge in [0.25, 0.3) is 0 Å². The second kappa shape index (κ2) is 8.90. The molecule has 0 fully saturated rings. The maximum atomic E-state index is 6.27. The monoisotopic (exact) mass is 388 g/mol. The SMILES string of the molecule is C/C=C\c1ccc(-c2ccc(/C=C/C(N)=NC3=CCC(C)(Cl)C=C3)cc2)cc1. The minimum atomic E-state index is -0.321.